The third kappa shape index (κ3) is 3.06. The van der Waals surface area contributed by atoms with Crippen molar-refractivity contribution in [3.63, 3.8) is 0 Å². The van der Waals surface area contributed by atoms with E-state index < -0.39 is 0 Å². The molecule has 2 unspecified atom stereocenters. The van der Waals surface area contributed by atoms with Crippen LogP contribution in [0.15, 0.2) is 0 Å². The molecule has 106 valence electrons. The molecule has 3 nitrogen and oxygen atoms in total. The van der Waals surface area contributed by atoms with Crippen molar-refractivity contribution in [3.8, 4) is 0 Å². The van der Waals surface area contributed by atoms with Gasteiger partial charge < -0.3 is 10.5 Å². The molecule has 0 aromatic heterocycles. The minimum atomic E-state index is 0.202. The molecule has 1 saturated heterocycles. The van der Waals surface area contributed by atoms with Crippen molar-refractivity contribution in [2.45, 2.75) is 83.1 Å². The van der Waals surface area contributed by atoms with Crippen molar-refractivity contribution in [2.24, 2.45) is 5.73 Å². The predicted molar refractivity (Wildman–Crippen MR) is 75.7 cm³/mol. The molecule has 1 aliphatic carbocycles. The summed E-state index contributed by atoms with van der Waals surface area (Å²) >= 11 is 0. The number of hydrogen-bond acceptors (Lipinski definition) is 3. The zero-order valence-electron chi connectivity index (χ0n) is 12.3. The molecule has 2 N–H and O–H groups in total. The van der Waals surface area contributed by atoms with Crippen molar-refractivity contribution in [1.29, 1.82) is 0 Å². The molecule has 1 heterocycles. The van der Waals surface area contributed by atoms with Crippen LogP contribution in [0.1, 0.15) is 59.3 Å². The van der Waals surface area contributed by atoms with Gasteiger partial charge >= 0.3 is 0 Å². The van der Waals surface area contributed by atoms with E-state index >= 15 is 0 Å². The molecular weight excluding hydrogens is 224 g/mol. The lowest BCUT2D eigenvalue weighted by atomic mass is 9.82. The fraction of sp³-hybridized carbons (Fsp3) is 1.00. The molecule has 18 heavy (non-hydrogen) atoms. The first-order valence-corrected chi connectivity index (χ1v) is 7.73. The summed E-state index contributed by atoms with van der Waals surface area (Å²) in [6, 6.07) is 0.803. The molecule has 2 fully saturated rings. The monoisotopic (exact) mass is 254 g/mol. The van der Waals surface area contributed by atoms with Crippen LogP contribution >= 0.6 is 0 Å². The summed E-state index contributed by atoms with van der Waals surface area (Å²) in [6.45, 7) is 8.68. The third-order valence-corrected chi connectivity index (χ3v) is 4.53. The smallest absolute Gasteiger partial charge is 0.0568 e. The summed E-state index contributed by atoms with van der Waals surface area (Å²) in [5, 5.41) is 0. The highest BCUT2D eigenvalue weighted by atomic mass is 16.5. The second kappa shape index (κ2) is 5.89. The van der Waals surface area contributed by atoms with Crippen LogP contribution in [0.4, 0.5) is 0 Å². The number of nitrogens with zero attached hydrogens (tertiary/aromatic N) is 1. The molecular formula is C15H30N2O. The minimum Gasteiger partial charge on any atom is -0.375 e. The molecule has 2 atom stereocenters. The van der Waals surface area contributed by atoms with E-state index in [4.69, 9.17) is 10.5 Å². The average Bonchev–Trinajstić information content (AvgIpc) is 3.12. The molecule has 3 heteroatoms. The van der Waals surface area contributed by atoms with Crippen LogP contribution in [0.3, 0.4) is 0 Å². The van der Waals surface area contributed by atoms with Gasteiger partial charge in [-0.15, -0.1) is 0 Å². The van der Waals surface area contributed by atoms with Crippen LogP contribution in [0.2, 0.25) is 0 Å². The van der Waals surface area contributed by atoms with Crippen molar-refractivity contribution in [1.82, 2.24) is 4.90 Å². The van der Waals surface area contributed by atoms with Gasteiger partial charge in [-0.25, -0.2) is 0 Å². The van der Waals surface area contributed by atoms with Gasteiger partial charge in [0.05, 0.1) is 12.2 Å². The minimum absolute atomic E-state index is 0.202. The Kier molecular flexibility index (Phi) is 4.68. The number of unbranched alkanes of at least 4 members (excludes halogenated alkanes) is 1. The van der Waals surface area contributed by atoms with Gasteiger partial charge in [0.25, 0.3) is 0 Å². The van der Waals surface area contributed by atoms with E-state index in [0.29, 0.717) is 12.2 Å². The lowest BCUT2D eigenvalue weighted by Crippen LogP contribution is -2.60. The highest BCUT2D eigenvalue weighted by molar-refractivity contribution is 5.02. The third-order valence-electron chi connectivity index (χ3n) is 4.53. The van der Waals surface area contributed by atoms with Crippen LogP contribution in [-0.2, 0) is 4.74 Å². The number of hydrogen-bond donors (Lipinski definition) is 1. The first-order chi connectivity index (χ1) is 8.61. The van der Waals surface area contributed by atoms with E-state index in [9.17, 15) is 0 Å². The van der Waals surface area contributed by atoms with E-state index in [1.807, 2.05) is 0 Å². The van der Waals surface area contributed by atoms with Gasteiger partial charge in [0.1, 0.15) is 0 Å². The topological polar surface area (TPSA) is 38.5 Å². The molecule has 1 aliphatic heterocycles. The molecule has 0 amide bonds. The van der Waals surface area contributed by atoms with Gasteiger partial charge in [0, 0.05) is 18.1 Å². The van der Waals surface area contributed by atoms with Gasteiger partial charge in [-0.1, -0.05) is 13.3 Å². The van der Waals surface area contributed by atoms with Gasteiger partial charge in [-0.3, -0.25) is 4.90 Å². The zero-order valence-corrected chi connectivity index (χ0v) is 12.3. The molecule has 0 spiro atoms. The first-order valence-electron chi connectivity index (χ1n) is 7.73. The highest BCUT2D eigenvalue weighted by Crippen LogP contribution is 2.40. The summed E-state index contributed by atoms with van der Waals surface area (Å²) in [7, 11) is 0. The lowest BCUT2D eigenvalue weighted by Gasteiger charge is -2.50. The maximum atomic E-state index is 6.20. The summed E-state index contributed by atoms with van der Waals surface area (Å²) in [4.78, 5) is 2.74. The van der Waals surface area contributed by atoms with Gasteiger partial charge in [-0.05, 0) is 52.5 Å². The fourth-order valence-corrected chi connectivity index (χ4v) is 3.69. The van der Waals surface area contributed by atoms with Gasteiger partial charge in [0.2, 0.25) is 0 Å². The Morgan fingerprint density at radius 1 is 1.22 bits per heavy atom. The maximum absolute atomic E-state index is 6.20. The summed E-state index contributed by atoms with van der Waals surface area (Å²) in [6.07, 6.45) is 8.21. The zero-order chi connectivity index (χ0) is 13.2. The molecule has 0 bridgehead atoms. The van der Waals surface area contributed by atoms with E-state index in [-0.39, 0.29) is 5.54 Å². The highest BCUT2D eigenvalue weighted by Gasteiger charge is 2.46. The van der Waals surface area contributed by atoms with Crippen molar-refractivity contribution >= 4 is 0 Å². The summed E-state index contributed by atoms with van der Waals surface area (Å²) in [5.74, 6) is 0. The van der Waals surface area contributed by atoms with E-state index in [1.54, 1.807) is 0 Å². The van der Waals surface area contributed by atoms with E-state index in [1.165, 1.54) is 32.2 Å². The Bertz CT molecular complexity index is 255. The van der Waals surface area contributed by atoms with Gasteiger partial charge in [-0.2, -0.15) is 0 Å². The van der Waals surface area contributed by atoms with Crippen LogP contribution in [0.5, 0.6) is 0 Å². The first kappa shape index (κ1) is 14.3. The van der Waals surface area contributed by atoms with E-state index in [2.05, 4.69) is 25.7 Å². The largest absolute Gasteiger partial charge is 0.375 e. The quantitative estimate of drug-likeness (QED) is 0.791. The molecule has 0 aromatic carbocycles. The molecule has 2 rings (SSSR count). The van der Waals surface area contributed by atoms with Crippen LogP contribution < -0.4 is 5.73 Å². The SMILES string of the molecule is CCCCN(C1CC1)C1(CN)CC(C)OC(C)C1. The predicted octanol–water partition coefficient (Wildman–Crippen LogP) is 2.54. The van der Waals surface area contributed by atoms with E-state index in [0.717, 1.165) is 25.4 Å². The van der Waals surface area contributed by atoms with Crippen LogP contribution in [0.25, 0.3) is 0 Å². The van der Waals surface area contributed by atoms with Crippen LogP contribution in [0, 0.1) is 0 Å². The fourth-order valence-electron chi connectivity index (χ4n) is 3.69. The van der Waals surface area contributed by atoms with Crippen LogP contribution in [-0.4, -0.2) is 41.8 Å². The van der Waals surface area contributed by atoms with Crippen molar-refractivity contribution in [2.75, 3.05) is 13.1 Å². The summed E-state index contributed by atoms with van der Waals surface area (Å²) < 4.78 is 5.92. The molecule has 2 aliphatic rings. The Morgan fingerprint density at radius 2 is 1.83 bits per heavy atom. The number of ether oxygens (including phenoxy) is 1. The van der Waals surface area contributed by atoms with Gasteiger partial charge in [0.15, 0.2) is 0 Å². The number of nitrogens with two attached hydrogens (primary N) is 1. The second-order valence-corrected chi connectivity index (χ2v) is 6.37. The Hall–Kier alpha value is -0.120. The normalized spacial score (nSPS) is 37.2. The number of rotatable bonds is 6. The standard InChI is InChI=1S/C15H30N2O/c1-4-5-8-17(14-6-7-14)15(11-16)9-12(2)18-13(3)10-15/h12-14H,4-11,16H2,1-3H3. The average molecular weight is 254 g/mol. The Morgan fingerprint density at radius 3 is 2.28 bits per heavy atom. The summed E-state index contributed by atoms with van der Waals surface area (Å²) in [5.41, 5.74) is 6.41. The Balaban J connectivity index is 2.11. The molecule has 0 aromatic rings. The lowest BCUT2D eigenvalue weighted by molar-refractivity contribution is -0.106. The van der Waals surface area contributed by atoms with Crippen molar-refractivity contribution in [3.05, 3.63) is 0 Å². The second-order valence-electron chi connectivity index (χ2n) is 6.37. The molecule has 1 saturated carbocycles. The maximum Gasteiger partial charge on any atom is 0.0568 e. The van der Waals surface area contributed by atoms with Crippen molar-refractivity contribution < 1.29 is 4.74 Å². The Labute approximate surface area is 112 Å². The molecule has 0 radical (unpaired) electrons.